The molecule has 0 aliphatic rings. The molecule has 0 aromatic heterocycles. The van der Waals surface area contributed by atoms with Gasteiger partial charge in [-0.05, 0) is 12.5 Å². The lowest BCUT2D eigenvalue weighted by atomic mass is 10.2. The van der Waals surface area contributed by atoms with Crippen molar-refractivity contribution in [3.05, 3.63) is 35.9 Å². The summed E-state index contributed by atoms with van der Waals surface area (Å²) >= 11 is 1.46. The Kier molecular flexibility index (Phi) is 3.64. The molecule has 3 nitrogen and oxygen atoms in total. The van der Waals surface area contributed by atoms with Crippen LogP contribution < -0.4 is 11.6 Å². The number of hydrazone groups is 1. The molecule has 70 valence electrons. The van der Waals surface area contributed by atoms with Crippen molar-refractivity contribution in [2.24, 2.45) is 16.7 Å². The summed E-state index contributed by atoms with van der Waals surface area (Å²) in [6.45, 7) is 2.07. The van der Waals surface area contributed by atoms with Crippen LogP contribution in [0.3, 0.4) is 0 Å². The van der Waals surface area contributed by atoms with Crippen LogP contribution in [0.4, 0.5) is 0 Å². The van der Waals surface area contributed by atoms with E-state index >= 15 is 0 Å². The number of nitrogens with two attached hydrogens (primary N) is 2. The van der Waals surface area contributed by atoms with Crippen molar-refractivity contribution < 1.29 is 0 Å². The molecule has 0 aliphatic carbocycles. The molecule has 4 N–H and O–H groups in total. The van der Waals surface area contributed by atoms with Crippen LogP contribution in [-0.2, 0) is 0 Å². The standard InChI is InChI=1S/C9H13N3S/c1-7(13-9(10)12-11)8-5-3-2-4-6-8/h2-7H,11H2,1H3,(H2,10,12). The van der Waals surface area contributed by atoms with Crippen LogP contribution in [0.5, 0.6) is 0 Å². The maximum atomic E-state index is 5.50. The Morgan fingerprint density at radius 3 is 2.54 bits per heavy atom. The molecular formula is C9H13N3S. The van der Waals surface area contributed by atoms with Gasteiger partial charge >= 0.3 is 0 Å². The molecule has 1 atom stereocenters. The third kappa shape index (κ3) is 2.99. The van der Waals surface area contributed by atoms with Crippen LogP contribution in [0, 0.1) is 0 Å². The first-order valence-corrected chi connectivity index (χ1v) is 4.87. The van der Waals surface area contributed by atoms with Gasteiger partial charge < -0.3 is 11.6 Å². The first-order chi connectivity index (χ1) is 6.24. The van der Waals surface area contributed by atoms with Crippen molar-refractivity contribution in [3.8, 4) is 0 Å². The maximum Gasteiger partial charge on any atom is 0.178 e. The number of thioether (sulfide) groups is 1. The van der Waals surface area contributed by atoms with Gasteiger partial charge in [0.15, 0.2) is 5.17 Å². The molecule has 1 aromatic rings. The minimum Gasteiger partial charge on any atom is -0.377 e. The van der Waals surface area contributed by atoms with E-state index < -0.39 is 0 Å². The summed E-state index contributed by atoms with van der Waals surface area (Å²) < 4.78 is 0. The zero-order chi connectivity index (χ0) is 9.68. The normalized spacial score (nSPS) is 14.1. The third-order valence-corrected chi connectivity index (χ3v) is 2.67. The van der Waals surface area contributed by atoms with Gasteiger partial charge in [0.05, 0.1) is 0 Å². The molecule has 0 radical (unpaired) electrons. The molecule has 1 aromatic carbocycles. The lowest BCUT2D eigenvalue weighted by Gasteiger charge is -2.09. The van der Waals surface area contributed by atoms with Crippen molar-refractivity contribution in [1.29, 1.82) is 0 Å². The highest BCUT2D eigenvalue weighted by Gasteiger charge is 2.06. The molecule has 0 heterocycles. The van der Waals surface area contributed by atoms with E-state index in [4.69, 9.17) is 11.6 Å². The van der Waals surface area contributed by atoms with Gasteiger partial charge in [0.2, 0.25) is 0 Å². The van der Waals surface area contributed by atoms with E-state index in [0.29, 0.717) is 5.17 Å². The summed E-state index contributed by atoms with van der Waals surface area (Å²) in [4.78, 5) is 0. The Morgan fingerprint density at radius 1 is 1.38 bits per heavy atom. The summed E-state index contributed by atoms with van der Waals surface area (Å²) in [5, 5.41) is 4.11. The second-order valence-electron chi connectivity index (χ2n) is 2.64. The van der Waals surface area contributed by atoms with Crippen molar-refractivity contribution in [3.63, 3.8) is 0 Å². The average Bonchev–Trinajstić information content (AvgIpc) is 2.19. The van der Waals surface area contributed by atoms with E-state index in [1.807, 2.05) is 18.2 Å². The minimum absolute atomic E-state index is 0.286. The fourth-order valence-electron chi connectivity index (χ4n) is 1.00. The fourth-order valence-corrected chi connectivity index (χ4v) is 1.72. The Bertz CT molecular complexity index is 284. The van der Waals surface area contributed by atoms with Gasteiger partial charge in [-0.1, -0.05) is 42.1 Å². The van der Waals surface area contributed by atoms with Crippen LogP contribution in [0.2, 0.25) is 0 Å². The van der Waals surface area contributed by atoms with E-state index in [1.54, 1.807) is 0 Å². The Morgan fingerprint density at radius 2 is 2.00 bits per heavy atom. The summed E-state index contributed by atoms with van der Waals surface area (Å²) in [6.07, 6.45) is 0. The Labute approximate surface area is 82.2 Å². The predicted octanol–water partition coefficient (Wildman–Crippen LogP) is 1.67. The highest BCUT2D eigenvalue weighted by molar-refractivity contribution is 8.13. The van der Waals surface area contributed by atoms with Crippen LogP contribution in [0.15, 0.2) is 35.4 Å². The summed E-state index contributed by atoms with van der Waals surface area (Å²) in [6, 6.07) is 10.1. The summed E-state index contributed by atoms with van der Waals surface area (Å²) in [7, 11) is 0. The first kappa shape index (κ1) is 9.92. The summed E-state index contributed by atoms with van der Waals surface area (Å²) in [5.74, 6) is 5.04. The Balaban J connectivity index is 2.64. The first-order valence-electron chi connectivity index (χ1n) is 3.99. The number of amidine groups is 1. The number of rotatable bonds is 2. The number of nitrogens with zero attached hydrogens (tertiary/aromatic N) is 1. The highest BCUT2D eigenvalue weighted by atomic mass is 32.2. The third-order valence-electron chi connectivity index (χ3n) is 1.69. The van der Waals surface area contributed by atoms with E-state index in [0.717, 1.165) is 0 Å². The maximum absolute atomic E-state index is 5.50. The molecule has 0 bridgehead atoms. The van der Waals surface area contributed by atoms with Crippen LogP contribution in [0.25, 0.3) is 0 Å². The molecule has 1 rings (SSSR count). The SMILES string of the molecule is CC(SC(N)=NN)c1ccccc1. The number of hydrogen-bond acceptors (Lipinski definition) is 3. The average molecular weight is 195 g/mol. The van der Waals surface area contributed by atoms with E-state index in [9.17, 15) is 0 Å². The molecule has 0 amide bonds. The molecule has 0 saturated carbocycles. The van der Waals surface area contributed by atoms with Crippen LogP contribution in [-0.4, -0.2) is 5.17 Å². The highest BCUT2D eigenvalue weighted by Crippen LogP contribution is 2.27. The fraction of sp³-hybridized carbons (Fsp3) is 0.222. The zero-order valence-electron chi connectivity index (χ0n) is 7.47. The van der Waals surface area contributed by atoms with Gasteiger partial charge in [-0.3, -0.25) is 0 Å². The van der Waals surface area contributed by atoms with Gasteiger partial charge in [-0.15, -0.1) is 0 Å². The molecular weight excluding hydrogens is 182 g/mol. The molecule has 4 heteroatoms. The topological polar surface area (TPSA) is 64.4 Å². The zero-order valence-corrected chi connectivity index (χ0v) is 8.29. The van der Waals surface area contributed by atoms with Crippen molar-refractivity contribution in [2.45, 2.75) is 12.2 Å². The van der Waals surface area contributed by atoms with Crippen LogP contribution >= 0.6 is 11.8 Å². The lowest BCUT2D eigenvalue weighted by molar-refractivity contribution is 1.11. The number of hydrogen-bond donors (Lipinski definition) is 2. The van der Waals surface area contributed by atoms with Crippen molar-refractivity contribution in [2.75, 3.05) is 0 Å². The molecule has 13 heavy (non-hydrogen) atoms. The van der Waals surface area contributed by atoms with E-state index in [1.165, 1.54) is 17.3 Å². The largest absolute Gasteiger partial charge is 0.377 e. The van der Waals surface area contributed by atoms with Gasteiger partial charge in [0.1, 0.15) is 0 Å². The minimum atomic E-state index is 0.286. The van der Waals surface area contributed by atoms with E-state index in [-0.39, 0.29) is 5.25 Å². The Hall–Kier alpha value is -1.16. The molecule has 0 aliphatic heterocycles. The monoisotopic (exact) mass is 195 g/mol. The summed E-state index contributed by atoms with van der Waals surface area (Å²) in [5.41, 5.74) is 6.72. The van der Waals surface area contributed by atoms with Gasteiger partial charge in [-0.2, -0.15) is 5.10 Å². The molecule has 0 saturated heterocycles. The van der Waals surface area contributed by atoms with Gasteiger partial charge in [-0.25, -0.2) is 0 Å². The van der Waals surface area contributed by atoms with Gasteiger partial charge in [0, 0.05) is 5.25 Å². The smallest absolute Gasteiger partial charge is 0.178 e. The van der Waals surface area contributed by atoms with Crippen molar-refractivity contribution in [1.82, 2.24) is 0 Å². The van der Waals surface area contributed by atoms with Crippen molar-refractivity contribution >= 4 is 16.9 Å². The second kappa shape index (κ2) is 4.77. The predicted molar refractivity (Wildman–Crippen MR) is 58.3 cm³/mol. The lowest BCUT2D eigenvalue weighted by Crippen LogP contribution is -2.10. The van der Waals surface area contributed by atoms with E-state index in [2.05, 4.69) is 24.2 Å². The molecule has 0 spiro atoms. The molecule has 0 fully saturated rings. The second-order valence-corrected chi connectivity index (χ2v) is 4.00. The molecule has 1 unspecified atom stereocenters. The van der Waals surface area contributed by atoms with Gasteiger partial charge in [0.25, 0.3) is 0 Å². The quantitative estimate of drug-likeness (QED) is 0.326. The van der Waals surface area contributed by atoms with Crippen LogP contribution in [0.1, 0.15) is 17.7 Å². The number of benzene rings is 1.